The highest BCUT2D eigenvalue weighted by molar-refractivity contribution is 5.10. The van der Waals surface area contributed by atoms with E-state index in [4.69, 9.17) is 5.73 Å². The fourth-order valence-corrected chi connectivity index (χ4v) is 5.02. The van der Waals surface area contributed by atoms with Crippen LogP contribution in [-0.4, -0.2) is 12.2 Å². The van der Waals surface area contributed by atoms with Crippen LogP contribution < -0.4 is 5.73 Å². The minimum Gasteiger partial charge on any atom is -0.325 e. The number of hydrogen-bond acceptors (Lipinski definition) is 1. The molecule has 2 unspecified atom stereocenters. The quantitative estimate of drug-likeness (QED) is 0.723. The van der Waals surface area contributed by atoms with Crippen LogP contribution >= 0.6 is 0 Å². The molecule has 0 aromatic carbocycles. The standard InChI is InChI=1S/C12H20FN/c13-2-1-11-4-9-3-10(5-11)7-12(14,6-9)8-11/h9-10H,1-8,14H2. The van der Waals surface area contributed by atoms with Crippen molar-refractivity contribution >= 4 is 0 Å². The molecule has 4 rings (SSSR count). The lowest BCUT2D eigenvalue weighted by Crippen LogP contribution is -2.60. The maximum atomic E-state index is 12.6. The molecule has 0 radical (unpaired) electrons. The van der Waals surface area contributed by atoms with Crippen LogP contribution in [0.2, 0.25) is 0 Å². The molecule has 2 heteroatoms. The molecule has 0 heterocycles. The Kier molecular flexibility index (Phi) is 1.77. The number of alkyl halides is 1. The number of nitrogens with two attached hydrogens (primary N) is 1. The molecule has 0 aromatic heterocycles. The molecule has 0 aromatic rings. The zero-order chi connectivity index (χ0) is 9.81. The number of rotatable bonds is 2. The fraction of sp³-hybridized carbons (Fsp3) is 1.00. The molecule has 0 saturated heterocycles. The summed E-state index contributed by atoms with van der Waals surface area (Å²) in [6, 6.07) is 0. The van der Waals surface area contributed by atoms with Crippen molar-refractivity contribution in [1.82, 2.24) is 0 Å². The molecule has 4 fully saturated rings. The van der Waals surface area contributed by atoms with E-state index >= 15 is 0 Å². The van der Waals surface area contributed by atoms with E-state index in [-0.39, 0.29) is 12.2 Å². The van der Waals surface area contributed by atoms with E-state index in [2.05, 4.69) is 0 Å². The first-order valence-corrected chi connectivity index (χ1v) is 5.98. The van der Waals surface area contributed by atoms with Crippen molar-refractivity contribution in [2.24, 2.45) is 23.0 Å². The third kappa shape index (κ3) is 1.23. The molecule has 0 aliphatic heterocycles. The van der Waals surface area contributed by atoms with Crippen molar-refractivity contribution in [2.45, 2.75) is 50.5 Å². The van der Waals surface area contributed by atoms with Crippen molar-refractivity contribution in [3.8, 4) is 0 Å². The molecule has 1 nitrogen and oxygen atoms in total. The van der Waals surface area contributed by atoms with Gasteiger partial charge in [0.15, 0.2) is 0 Å². The van der Waals surface area contributed by atoms with Gasteiger partial charge in [-0.15, -0.1) is 0 Å². The van der Waals surface area contributed by atoms with Gasteiger partial charge in [0.05, 0.1) is 6.67 Å². The largest absolute Gasteiger partial charge is 0.325 e. The molecule has 80 valence electrons. The maximum absolute atomic E-state index is 12.6. The monoisotopic (exact) mass is 197 g/mol. The normalized spacial score (nSPS) is 55.3. The predicted molar refractivity (Wildman–Crippen MR) is 54.6 cm³/mol. The van der Waals surface area contributed by atoms with Crippen molar-refractivity contribution in [1.29, 1.82) is 0 Å². The first-order chi connectivity index (χ1) is 6.63. The van der Waals surface area contributed by atoms with Gasteiger partial charge in [-0.05, 0) is 62.2 Å². The Morgan fingerprint density at radius 3 is 2.29 bits per heavy atom. The lowest BCUT2D eigenvalue weighted by molar-refractivity contribution is -0.0733. The smallest absolute Gasteiger partial charge is 0.0899 e. The van der Waals surface area contributed by atoms with Gasteiger partial charge in [0.2, 0.25) is 0 Å². The van der Waals surface area contributed by atoms with E-state index in [1.807, 2.05) is 0 Å². The van der Waals surface area contributed by atoms with Crippen molar-refractivity contribution in [2.75, 3.05) is 6.67 Å². The predicted octanol–water partition coefficient (Wildman–Crippen LogP) is 2.64. The second-order valence-corrected chi connectivity index (χ2v) is 6.26. The summed E-state index contributed by atoms with van der Waals surface area (Å²) in [7, 11) is 0. The molecule has 4 aliphatic rings. The Morgan fingerprint density at radius 1 is 1.14 bits per heavy atom. The second kappa shape index (κ2) is 2.72. The van der Waals surface area contributed by atoms with Crippen LogP contribution in [0.25, 0.3) is 0 Å². The molecule has 2 atom stereocenters. The van der Waals surface area contributed by atoms with Crippen LogP contribution in [0.15, 0.2) is 0 Å². The van der Waals surface area contributed by atoms with E-state index in [1.165, 1.54) is 32.1 Å². The van der Waals surface area contributed by atoms with Gasteiger partial charge in [0.1, 0.15) is 0 Å². The first-order valence-electron chi connectivity index (χ1n) is 5.98. The number of hydrogen-bond donors (Lipinski definition) is 1. The molecule has 2 N–H and O–H groups in total. The Balaban J connectivity index is 1.89. The summed E-state index contributed by atoms with van der Waals surface area (Å²) in [5.41, 5.74) is 6.82. The summed E-state index contributed by atoms with van der Waals surface area (Å²) < 4.78 is 12.6. The topological polar surface area (TPSA) is 26.0 Å². The van der Waals surface area contributed by atoms with Crippen LogP contribution in [0, 0.1) is 17.3 Å². The third-order valence-electron chi connectivity index (χ3n) is 4.85. The van der Waals surface area contributed by atoms with E-state index in [0.29, 0.717) is 5.41 Å². The van der Waals surface area contributed by atoms with Crippen molar-refractivity contribution in [3.63, 3.8) is 0 Å². The van der Waals surface area contributed by atoms with Crippen LogP contribution in [0.5, 0.6) is 0 Å². The molecular weight excluding hydrogens is 177 g/mol. The minimum absolute atomic E-state index is 0.0965. The van der Waals surface area contributed by atoms with E-state index in [0.717, 1.165) is 24.7 Å². The summed E-state index contributed by atoms with van der Waals surface area (Å²) in [4.78, 5) is 0. The van der Waals surface area contributed by atoms with Crippen molar-refractivity contribution < 1.29 is 4.39 Å². The van der Waals surface area contributed by atoms with Gasteiger partial charge in [-0.3, -0.25) is 4.39 Å². The molecule has 0 spiro atoms. The third-order valence-corrected chi connectivity index (χ3v) is 4.85. The van der Waals surface area contributed by atoms with Gasteiger partial charge in [-0.25, -0.2) is 0 Å². The van der Waals surface area contributed by atoms with Crippen LogP contribution in [0.4, 0.5) is 4.39 Å². The summed E-state index contributed by atoms with van der Waals surface area (Å²) >= 11 is 0. The molecular formula is C12H20FN. The Morgan fingerprint density at radius 2 is 1.79 bits per heavy atom. The van der Waals surface area contributed by atoms with Gasteiger partial charge < -0.3 is 5.73 Å². The summed E-state index contributed by atoms with van der Waals surface area (Å²) in [5, 5.41) is 0. The van der Waals surface area contributed by atoms with Gasteiger partial charge in [-0.2, -0.15) is 0 Å². The van der Waals surface area contributed by atoms with Crippen LogP contribution in [0.3, 0.4) is 0 Å². The average molecular weight is 197 g/mol. The summed E-state index contributed by atoms with van der Waals surface area (Å²) in [5.74, 6) is 1.65. The highest BCUT2D eigenvalue weighted by Gasteiger charge is 2.55. The van der Waals surface area contributed by atoms with Crippen LogP contribution in [-0.2, 0) is 0 Å². The highest BCUT2D eigenvalue weighted by Crippen LogP contribution is 2.61. The zero-order valence-electron chi connectivity index (χ0n) is 8.77. The average Bonchev–Trinajstić information content (AvgIpc) is 1.97. The lowest BCUT2D eigenvalue weighted by atomic mass is 9.46. The molecule has 4 saturated carbocycles. The summed E-state index contributed by atoms with van der Waals surface area (Å²) in [6.07, 6.45) is 8.25. The Bertz CT molecular complexity index is 237. The SMILES string of the molecule is NC12CC3CC(C1)CC(CCF)(C3)C2. The van der Waals surface area contributed by atoms with Gasteiger partial charge >= 0.3 is 0 Å². The molecule has 0 amide bonds. The second-order valence-electron chi connectivity index (χ2n) is 6.26. The fourth-order valence-electron chi connectivity index (χ4n) is 5.02. The Hall–Kier alpha value is -0.110. The summed E-state index contributed by atoms with van der Waals surface area (Å²) in [6.45, 7) is -0.143. The lowest BCUT2D eigenvalue weighted by Gasteiger charge is -2.61. The number of halogens is 1. The van der Waals surface area contributed by atoms with Crippen LogP contribution in [0.1, 0.15) is 44.9 Å². The zero-order valence-corrected chi connectivity index (χ0v) is 8.77. The maximum Gasteiger partial charge on any atom is 0.0899 e. The molecule has 14 heavy (non-hydrogen) atoms. The van der Waals surface area contributed by atoms with Crippen molar-refractivity contribution in [3.05, 3.63) is 0 Å². The van der Waals surface area contributed by atoms with Gasteiger partial charge in [0.25, 0.3) is 0 Å². The van der Waals surface area contributed by atoms with Gasteiger partial charge in [0, 0.05) is 5.54 Å². The van der Waals surface area contributed by atoms with E-state index in [9.17, 15) is 4.39 Å². The first kappa shape index (κ1) is 9.14. The Labute approximate surface area is 85.2 Å². The molecule has 4 aliphatic carbocycles. The van der Waals surface area contributed by atoms with Gasteiger partial charge in [-0.1, -0.05) is 0 Å². The minimum atomic E-state index is -0.143. The van der Waals surface area contributed by atoms with E-state index < -0.39 is 0 Å². The molecule has 4 bridgehead atoms. The highest BCUT2D eigenvalue weighted by atomic mass is 19.1. The van der Waals surface area contributed by atoms with E-state index in [1.54, 1.807) is 0 Å².